The van der Waals surface area contributed by atoms with Crippen molar-refractivity contribution in [2.45, 2.75) is 58.6 Å². The molecule has 1 heterocycles. The first-order chi connectivity index (χ1) is 12.2. The summed E-state index contributed by atoms with van der Waals surface area (Å²) in [5.41, 5.74) is 0.0475. The Kier molecular flexibility index (Phi) is 8.72. The number of likely N-dealkylation sites (tertiary alicyclic amines) is 1. The minimum absolute atomic E-state index is 0.127. The number of carbonyl (C=O) groups excluding carboxylic acids is 2. The van der Waals surface area contributed by atoms with Crippen LogP contribution in [0.3, 0.4) is 0 Å². The minimum atomic E-state index is -0.493. The van der Waals surface area contributed by atoms with Crippen LogP contribution in [0.2, 0.25) is 0 Å². The van der Waals surface area contributed by atoms with E-state index in [-0.39, 0.29) is 18.2 Å². The quantitative estimate of drug-likeness (QED) is 0.672. The number of amides is 3. The molecule has 1 aliphatic rings. The largest absolute Gasteiger partial charge is 0.443 e. The zero-order valence-corrected chi connectivity index (χ0v) is 16.9. The van der Waals surface area contributed by atoms with Crippen LogP contribution in [0.5, 0.6) is 0 Å². The number of nitrogens with zero attached hydrogens (tertiary/aromatic N) is 1. The Bertz CT molecular complexity index is 581. The molecule has 0 aromatic carbocycles. The SMILES string of the molecule is C=C/C(=C\C=C(/C)Cl)NC(=O)NC1CCCN(C(=O)OC(C)(C)CC)C1. The molecule has 0 aromatic rings. The van der Waals surface area contributed by atoms with Gasteiger partial charge in [0.1, 0.15) is 5.60 Å². The highest BCUT2D eigenvalue weighted by Crippen LogP contribution is 2.18. The molecule has 0 bridgehead atoms. The van der Waals surface area contributed by atoms with E-state index in [0.29, 0.717) is 23.8 Å². The third-order valence-electron chi connectivity index (χ3n) is 4.20. The Labute approximate surface area is 161 Å². The summed E-state index contributed by atoms with van der Waals surface area (Å²) in [7, 11) is 0. The van der Waals surface area contributed by atoms with Gasteiger partial charge in [-0.05, 0) is 58.3 Å². The second kappa shape index (κ2) is 10.3. The zero-order valence-electron chi connectivity index (χ0n) is 16.1. The van der Waals surface area contributed by atoms with E-state index in [1.54, 1.807) is 24.0 Å². The normalized spacial score (nSPS) is 19.0. The maximum absolute atomic E-state index is 12.3. The van der Waals surface area contributed by atoms with Gasteiger partial charge in [-0.2, -0.15) is 0 Å². The molecule has 1 fully saturated rings. The van der Waals surface area contributed by atoms with Crippen molar-refractivity contribution in [2.75, 3.05) is 13.1 Å². The van der Waals surface area contributed by atoms with Crippen molar-refractivity contribution >= 4 is 23.7 Å². The van der Waals surface area contributed by atoms with Crippen molar-refractivity contribution in [3.05, 3.63) is 35.5 Å². The van der Waals surface area contributed by atoms with Gasteiger partial charge in [-0.15, -0.1) is 0 Å². The highest BCUT2D eigenvalue weighted by atomic mass is 35.5. The van der Waals surface area contributed by atoms with Crippen LogP contribution < -0.4 is 10.6 Å². The van der Waals surface area contributed by atoms with Gasteiger partial charge in [0.05, 0.1) is 0 Å². The molecule has 1 atom stereocenters. The Morgan fingerprint density at radius 2 is 2.08 bits per heavy atom. The van der Waals surface area contributed by atoms with Crippen LogP contribution in [-0.4, -0.2) is 41.8 Å². The van der Waals surface area contributed by atoms with E-state index in [1.807, 2.05) is 20.8 Å². The number of rotatable bonds is 6. The Morgan fingerprint density at radius 3 is 2.65 bits per heavy atom. The molecule has 146 valence electrons. The van der Waals surface area contributed by atoms with Gasteiger partial charge in [0.2, 0.25) is 0 Å². The van der Waals surface area contributed by atoms with E-state index in [0.717, 1.165) is 19.3 Å². The van der Waals surface area contributed by atoms with Gasteiger partial charge in [0.25, 0.3) is 0 Å². The molecule has 26 heavy (non-hydrogen) atoms. The predicted octanol–water partition coefficient (Wildman–Crippen LogP) is 4.29. The lowest BCUT2D eigenvalue weighted by atomic mass is 10.1. The zero-order chi connectivity index (χ0) is 19.7. The second-order valence-corrected chi connectivity index (χ2v) is 7.54. The fraction of sp³-hybridized carbons (Fsp3) is 0.579. The number of nitrogens with one attached hydrogen (secondary N) is 2. The van der Waals surface area contributed by atoms with Gasteiger partial charge in [0, 0.05) is 29.9 Å². The fourth-order valence-corrected chi connectivity index (χ4v) is 2.41. The van der Waals surface area contributed by atoms with Crippen molar-refractivity contribution in [3.8, 4) is 0 Å². The molecule has 0 radical (unpaired) electrons. The number of ether oxygens (including phenoxy) is 1. The van der Waals surface area contributed by atoms with Crippen molar-refractivity contribution in [1.82, 2.24) is 15.5 Å². The van der Waals surface area contributed by atoms with Crippen LogP contribution in [0.15, 0.2) is 35.5 Å². The summed E-state index contributed by atoms with van der Waals surface area (Å²) in [4.78, 5) is 26.1. The first kappa shape index (κ1) is 22.1. The number of hydrogen-bond acceptors (Lipinski definition) is 3. The highest BCUT2D eigenvalue weighted by molar-refractivity contribution is 6.29. The maximum atomic E-state index is 12.3. The average Bonchev–Trinajstić information content (AvgIpc) is 2.58. The second-order valence-electron chi connectivity index (χ2n) is 6.94. The van der Waals surface area contributed by atoms with E-state index in [9.17, 15) is 9.59 Å². The van der Waals surface area contributed by atoms with E-state index in [4.69, 9.17) is 16.3 Å². The summed E-state index contributed by atoms with van der Waals surface area (Å²) in [6.07, 6.45) is 6.90. The van der Waals surface area contributed by atoms with E-state index >= 15 is 0 Å². The van der Waals surface area contributed by atoms with Crippen molar-refractivity contribution in [3.63, 3.8) is 0 Å². The molecular formula is C19H30ClN3O3. The van der Waals surface area contributed by atoms with Gasteiger partial charge in [-0.25, -0.2) is 9.59 Å². The molecule has 0 aliphatic carbocycles. The number of piperidine rings is 1. The molecule has 0 saturated carbocycles. The lowest BCUT2D eigenvalue weighted by Crippen LogP contribution is -2.52. The Hall–Kier alpha value is -1.95. The molecule has 0 spiro atoms. The molecule has 0 aromatic heterocycles. The van der Waals surface area contributed by atoms with Gasteiger partial charge < -0.3 is 20.3 Å². The summed E-state index contributed by atoms with van der Waals surface area (Å²) < 4.78 is 5.53. The van der Waals surface area contributed by atoms with Gasteiger partial charge in [-0.3, -0.25) is 0 Å². The topological polar surface area (TPSA) is 70.7 Å². The van der Waals surface area contributed by atoms with E-state index < -0.39 is 5.60 Å². The minimum Gasteiger partial charge on any atom is -0.443 e. The summed E-state index contributed by atoms with van der Waals surface area (Å²) in [6.45, 7) is 12.2. The third-order valence-corrected chi connectivity index (χ3v) is 4.33. The van der Waals surface area contributed by atoms with Crippen LogP contribution >= 0.6 is 11.6 Å². The van der Waals surface area contributed by atoms with E-state index in [1.165, 1.54) is 6.08 Å². The van der Waals surface area contributed by atoms with Crippen molar-refractivity contribution in [2.24, 2.45) is 0 Å². The highest BCUT2D eigenvalue weighted by Gasteiger charge is 2.29. The first-order valence-electron chi connectivity index (χ1n) is 8.88. The summed E-state index contributed by atoms with van der Waals surface area (Å²) >= 11 is 5.78. The summed E-state index contributed by atoms with van der Waals surface area (Å²) in [5, 5.41) is 6.21. The summed E-state index contributed by atoms with van der Waals surface area (Å²) in [6, 6.07) is -0.469. The standard InChI is InChI=1S/C19H30ClN3O3/c1-6-15(11-10-14(3)20)21-17(24)22-16-9-8-12-23(13-16)18(25)26-19(4,5)7-2/h6,10-11,16H,1,7-9,12-13H2,2-5H3,(H2,21,22,24)/b14-10+,15-11+. The van der Waals surface area contributed by atoms with Crippen LogP contribution in [0.1, 0.15) is 47.0 Å². The molecule has 7 heteroatoms. The van der Waals surface area contributed by atoms with Gasteiger partial charge in [-0.1, -0.05) is 25.1 Å². The van der Waals surface area contributed by atoms with Crippen LogP contribution in [0.4, 0.5) is 9.59 Å². The smallest absolute Gasteiger partial charge is 0.410 e. The number of allylic oxidation sites excluding steroid dienone is 4. The summed E-state index contributed by atoms with van der Waals surface area (Å²) in [5.74, 6) is 0. The molecule has 3 amide bonds. The lowest BCUT2D eigenvalue weighted by molar-refractivity contribution is 0.00633. The van der Waals surface area contributed by atoms with Gasteiger partial charge >= 0.3 is 12.1 Å². The molecular weight excluding hydrogens is 354 g/mol. The fourth-order valence-electron chi connectivity index (χ4n) is 2.35. The number of carbonyl (C=O) groups is 2. The number of hydrogen-bond donors (Lipinski definition) is 2. The lowest BCUT2D eigenvalue weighted by Gasteiger charge is -2.35. The Morgan fingerprint density at radius 1 is 1.38 bits per heavy atom. The first-order valence-corrected chi connectivity index (χ1v) is 9.26. The monoisotopic (exact) mass is 383 g/mol. The maximum Gasteiger partial charge on any atom is 0.410 e. The van der Waals surface area contributed by atoms with E-state index in [2.05, 4.69) is 17.2 Å². The average molecular weight is 384 g/mol. The van der Waals surface area contributed by atoms with Gasteiger partial charge in [0.15, 0.2) is 0 Å². The van der Waals surface area contributed by atoms with Crippen LogP contribution in [0, 0.1) is 0 Å². The van der Waals surface area contributed by atoms with Crippen molar-refractivity contribution < 1.29 is 14.3 Å². The Balaban J connectivity index is 2.58. The number of urea groups is 1. The third kappa shape index (κ3) is 7.95. The molecule has 6 nitrogen and oxygen atoms in total. The van der Waals surface area contributed by atoms with Crippen molar-refractivity contribution in [1.29, 1.82) is 0 Å². The molecule has 1 aliphatic heterocycles. The molecule has 2 N–H and O–H groups in total. The molecule has 1 saturated heterocycles. The molecule has 1 unspecified atom stereocenters. The van der Waals surface area contributed by atoms with Crippen LogP contribution in [0.25, 0.3) is 0 Å². The van der Waals surface area contributed by atoms with Crippen LogP contribution in [-0.2, 0) is 4.74 Å². The predicted molar refractivity (Wildman–Crippen MR) is 105 cm³/mol. The molecule has 1 rings (SSSR count). The number of halogens is 1.